The number of ether oxygens (including phenoxy) is 2. The van der Waals surface area contributed by atoms with Gasteiger partial charge in [-0.2, -0.15) is 0 Å². The number of para-hydroxylation sites is 1. The van der Waals surface area contributed by atoms with Crippen molar-refractivity contribution in [2.75, 3.05) is 0 Å². The lowest BCUT2D eigenvalue weighted by atomic mass is 10.1. The number of fused-ring (bicyclic) bond motifs is 1. The van der Waals surface area contributed by atoms with Crippen LogP contribution in [0.25, 0.3) is 0 Å². The van der Waals surface area contributed by atoms with Gasteiger partial charge in [0.05, 0.1) is 5.56 Å². The molecule has 0 saturated carbocycles. The average Bonchev–Trinajstić information content (AvgIpc) is 2.46. The highest BCUT2D eigenvalue weighted by Gasteiger charge is 2.31. The molecule has 0 bridgehead atoms. The van der Waals surface area contributed by atoms with E-state index >= 15 is 0 Å². The highest BCUT2D eigenvalue weighted by Crippen LogP contribution is 2.30. The lowest BCUT2D eigenvalue weighted by Crippen LogP contribution is -2.36. The van der Waals surface area contributed by atoms with E-state index in [4.69, 9.17) is 4.74 Å². The predicted molar refractivity (Wildman–Crippen MR) is 70.4 cm³/mol. The molecule has 1 amide bonds. The van der Waals surface area contributed by atoms with Crippen molar-refractivity contribution in [2.45, 2.75) is 12.6 Å². The van der Waals surface area contributed by atoms with E-state index in [0.717, 1.165) is 0 Å². The summed E-state index contributed by atoms with van der Waals surface area (Å²) in [5, 5.41) is 2.63. The molecule has 1 heterocycles. The van der Waals surface area contributed by atoms with E-state index in [9.17, 15) is 18.0 Å². The van der Waals surface area contributed by atoms with Gasteiger partial charge in [0, 0.05) is 5.56 Å². The SMILES string of the molecule is O=C1NC(c2ccc(OC(F)(F)F)cc2)Oc2ccccc21. The van der Waals surface area contributed by atoms with E-state index in [1.165, 1.54) is 24.3 Å². The molecule has 1 N–H and O–H groups in total. The van der Waals surface area contributed by atoms with Crippen LogP contribution < -0.4 is 14.8 Å². The Bertz CT molecular complexity index is 698. The molecule has 0 spiro atoms. The number of alkyl halides is 3. The number of hydrogen-bond donors (Lipinski definition) is 1. The Labute approximate surface area is 123 Å². The van der Waals surface area contributed by atoms with Crippen molar-refractivity contribution >= 4 is 5.91 Å². The molecule has 1 aliphatic heterocycles. The second-order valence-corrected chi connectivity index (χ2v) is 4.58. The van der Waals surface area contributed by atoms with Gasteiger partial charge in [-0.1, -0.05) is 12.1 Å². The van der Waals surface area contributed by atoms with Crippen LogP contribution in [-0.2, 0) is 0 Å². The van der Waals surface area contributed by atoms with Crippen LogP contribution in [0.15, 0.2) is 48.5 Å². The van der Waals surface area contributed by atoms with E-state index < -0.39 is 12.6 Å². The molecule has 0 radical (unpaired) electrons. The summed E-state index contributed by atoms with van der Waals surface area (Å²) in [6.45, 7) is 0. The van der Waals surface area contributed by atoms with Crippen molar-refractivity contribution in [1.29, 1.82) is 0 Å². The van der Waals surface area contributed by atoms with Gasteiger partial charge >= 0.3 is 6.36 Å². The molecule has 0 fully saturated rings. The first kappa shape index (κ1) is 14.2. The van der Waals surface area contributed by atoms with Crippen molar-refractivity contribution in [1.82, 2.24) is 5.32 Å². The molecule has 1 unspecified atom stereocenters. The molecule has 1 aliphatic rings. The number of halogens is 3. The fraction of sp³-hybridized carbons (Fsp3) is 0.133. The third-order valence-electron chi connectivity index (χ3n) is 3.06. The first-order valence-electron chi connectivity index (χ1n) is 6.35. The highest BCUT2D eigenvalue weighted by atomic mass is 19.4. The maximum Gasteiger partial charge on any atom is 0.573 e. The highest BCUT2D eigenvalue weighted by molar-refractivity contribution is 5.97. The lowest BCUT2D eigenvalue weighted by Gasteiger charge is -2.27. The molecule has 0 aliphatic carbocycles. The molecule has 4 nitrogen and oxygen atoms in total. The standard InChI is InChI=1S/C15H10F3NO3/c16-15(17,18)22-10-7-5-9(6-8-10)14-19-13(20)11-3-1-2-4-12(11)21-14/h1-8,14H,(H,19,20). The van der Waals surface area contributed by atoms with Crippen LogP contribution in [0.5, 0.6) is 11.5 Å². The summed E-state index contributed by atoms with van der Waals surface area (Å²) < 4.78 is 45.8. The van der Waals surface area contributed by atoms with Gasteiger partial charge in [0.15, 0.2) is 6.23 Å². The van der Waals surface area contributed by atoms with Crippen molar-refractivity contribution in [3.05, 3.63) is 59.7 Å². The first-order valence-corrected chi connectivity index (χ1v) is 6.35. The molecular weight excluding hydrogens is 299 g/mol. The Morgan fingerprint density at radius 2 is 1.73 bits per heavy atom. The van der Waals surface area contributed by atoms with Crippen LogP contribution >= 0.6 is 0 Å². The van der Waals surface area contributed by atoms with Crippen LogP contribution in [0.4, 0.5) is 13.2 Å². The minimum atomic E-state index is -4.74. The Kier molecular flexibility index (Phi) is 3.40. The monoisotopic (exact) mass is 309 g/mol. The van der Waals surface area contributed by atoms with Crippen molar-refractivity contribution in [2.24, 2.45) is 0 Å². The quantitative estimate of drug-likeness (QED) is 0.925. The molecule has 114 valence electrons. The van der Waals surface area contributed by atoms with Gasteiger partial charge in [-0.25, -0.2) is 0 Å². The summed E-state index contributed by atoms with van der Waals surface area (Å²) in [7, 11) is 0. The number of benzene rings is 2. The summed E-state index contributed by atoms with van der Waals surface area (Å²) >= 11 is 0. The molecule has 22 heavy (non-hydrogen) atoms. The van der Waals surface area contributed by atoms with Gasteiger partial charge in [-0.05, 0) is 36.4 Å². The molecule has 3 rings (SSSR count). The topological polar surface area (TPSA) is 47.6 Å². The third-order valence-corrected chi connectivity index (χ3v) is 3.06. The summed E-state index contributed by atoms with van der Waals surface area (Å²) in [4.78, 5) is 12.0. The van der Waals surface area contributed by atoms with Gasteiger partial charge in [-0.15, -0.1) is 13.2 Å². The van der Waals surface area contributed by atoms with Gasteiger partial charge in [-0.3, -0.25) is 4.79 Å². The van der Waals surface area contributed by atoms with Crippen LogP contribution in [0.1, 0.15) is 22.1 Å². The van der Waals surface area contributed by atoms with Crippen LogP contribution in [0, 0.1) is 0 Å². The largest absolute Gasteiger partial charge is 0.573 e. The van der Waals surface area contributed by atoms with Crippen LogP contribution in [0.2, 0.25) is 0 Å². The van der Waals surface area contributed by atoms with Crippen molar-refractivity contribution < 1.29 is 27.4 Å². The summed E-state index contributed by atoms with van der Waals surface area (Å²) in [6.07, 6.45) is -5.50. The summed E-state index contributed by atoms with van der Waals surface area (Å²) in [6, 6.07) is 11.9. The normalized spacial score (nSPS) is 17.2. The minimum Gasteiger partial charge on any atom is -0.466 e. The smallest absolute Gasteiger partial charge is 0.466 e. The summed E-state index contributed by atoms with van der Waals surface area (Å²) in [5.74, 6) is -0.215. The summed E-state index contributed by atoms with van der Waals surface area (Å²) in [5.41, 5.74) is 0.924. The first-order chi connectivity index (χ1) is 10.4. The Morgan fingerprint density at radius 1 is 1.05 bits per heavy atom. The number of nitrogens with one attached hydrogen (secondary N) is 1. The number of carbonyl (C=O) groups excluding carboxylic acids is 1. The van der Waals surface area contributed by atoms with Crippen LogP contribution in [0.3, 0.4) is 0 Å². The zero-order chi connectivity index (χ0) is 15.7. The minimum absolute atomic E-state index is 0.303. The lowest BCUT2D eigenvalue weighted by molar-refractivity contribution is -0.274. The number of carbonyl (C=O) groups is 1. The maximum atomic E-state index is 12.1. The molecule has 2 aromatic carbocycles. The Hall–Kier alpha value is -2.70. The fourth-order valence-electron chi connectivity index (χ4n) is 2.11. The maximum absolute atomic E-state index is 12.1. The number of rotatable bonds is 2. The van der Waals surface area contributed by atoms with E-state index in [1.54, 1.807) is 24.3 Å². The Balaban J connectivity index is 1.80. The molecular formula is C15H10F3NO3. The molecule has 0 aromatic heterocycles. The Morgan fingerprint density at radius 3 is 2.41 bits per heavy atom. The molecule has 1 atom stereocenters. The van der Waals surface area contributed by atoms with E-state index in [-0.39, 0.29) is 11.7 Å². The molecule has 7 heteroatoms. The van der Waals surface area contributed by atoms with Gasteiger partial charge in [0.25, 0.3) is 5.91 Å². The van der Waals surface area contributed by atoms with Crippen LogP contribution in [-0.4, -0.2) is 12.3 Å². The number of amides is 1. The average molecular weight is 309 g/mol. The zero-order valence-corrected chi connectivity index (χ0v) is 11.1. The third kappa shape index (κ3) is 2.98. The van der Waals surface area contributed by atoms with E-state index in [2.05, 4.69) is 10.1 Å². The second kappa shape index (κ2) is 5.25. The van der Waals surface area contributed by atoms with Gasteiger partial charge in [0.1, 0.15) is 11.5 Å². The fourth-order valence-corrected chi connectivity index (χ4v) is 2.11. The number of hydrogen-bond acceptors (Lipinski definition) is 3. The molecule has 2 aromatic rings. The van der Waals surface area contributed by atoms with Crippen molar-refractivity contribution in [3.8, 4) is 11.5 Å². The van der Waals surface area contributed by atoms with E-state index in [0.29, 0.717) is 16.9 Å². The van der Waals surface area contributed by atoms with Gasteiger partial charge < -0.3 is 14.8 Å². The predicted octanol–water partition coefficient (Wildman–Crippen LogP) is 3.41. The van der Waals surface area contributed by atoms with Gasteiger partial charge in [0.2, 0.25) is 0 Å². The zero-order valence-electron chi connectivity index (χ0n) is 11.1. The molecule has 0 saturated heterocycles. The van der Waals surface area contributed by atoms with E-state index in [1.807, 2.05) is 0 Å². The van der Waals surface area contributed by atoms with Crippen molar-refractivity contribution in [3.63, 3.8) is 0 Å². The second-order valence-electron chi connectivity index (χ2n) is 4.58.